The van der Waals surface area contributed by atoms with E-state index in [-0.39, 0.29) is 6.04 Å². The van der Waals surface area contributed by atoms with Gasteiger partial charge >= 0.3 is 0 Å². The molecule has 1 aromatic rings. The standard InChI is InChI=1S/C15H23Cl2N3/c1-19(2)12-5-7-20(8-6-12)15(10-18)13-4-3-11(16)9-14(13)17/h3-4,9,12,15H,5-8,10,18H2,1-2H3. The first kappa shape index (κ1) is 16.1. The summed E-state index contributed by atoms with van der Waals surface area (Å²) in [6, 6.07) is 6.54. The Hall–Kier alpha value is -0.320. The third-order valence-electron chi connectivity index (χ3n) is 4.21. The third kappa shape index (κ3) is 3.66. The van der Waals surface area contributed by atoms with E-state index in [2.05, 4.69) is 23.9 Å². The summed E-state index contributed by atoms with van der Waals surface area (Å²) in [5.74, 6) is 0. The van der Waals surface area contributed by atoms with E-state index in [1.54, 1.807) is 6.07 Å². The van der Waals surface area contributed by atoms with Gasteiger partial charge in [-0.25, -0.2) is 0 Å². The summed E-state index contributed by atoms with van der Waals surface area (Å²) >= 11 is 12.3. The van der Waals surface area contributed by atoms with Crippen molar-refractivity contribution >= 4 is 23.2 Å². The van der Waals surface area contributed by atoms with Gasteiger partial charge in [0.1, 0.15) is 0 Å². The van der Waals surface area contributed by atoms with Crippen LogP contribution in [0.15, 0.2) is 18.2 Å². The number of hydrogen-bond acceptors (Lipinski definition) is 3. The first-order chi connectivity index (χ1) is 9.52. The molecular formula is C15H23Cl2N3. The number of nitrogens with two attached hydrogens (primary N) is 1. The first-order valence-electron chi connectivity index (χ1n) is 7.08. The van der Waals surface area contributed by atoms with Crippen molar-refractivity contribution in [3.63, 3.8) is 0 Å². The maximum Gasteiger partial charge on any atom is 0.0485 e. The van der Waals surface area contributed by atoms with Gasteiger partial charge < -0.3 is 10.6 Å². The van der Waals surface area contributed by atoms with Crippen molar-refractivity contribution in [2.45, 2.75) is 24.9 Å². The van der Waals surface area contributed by atoms with Gasteiger partial charge in [-0.05, 0) is 44.6 Å². The van der Waals surface area contributed by atoms with Crippen LogP contribution in [0.3, 0.4) is 0 Å². The molecule has 0 radical (unpaired) electrons. The van der Waals surface area contributed by atoms with Crippen molar-refractivity contribution in [2.75, 3.05) is 33.7 Å². The largest absolute Gasteiger partial charge is 0.329 e. The maximum atomic E-state index is 6.33. The summed E-state index contributed by atoms with van der Waals surface area (Å²) in [6.45, 7) is 2.70. The Labute approximate surface area is 131 Å². The molecule has 0 aliphatic carbocycles. The highest BCUT2D eigenvalue weighted by molar-refractivity contribution is 6.35. The van der Waals surface area contributed by atoms with Gasteiger partial charge in [0.2, 0.25) is 0 Å². The van der Waals surface area contributed by atoms with Crippen LogP contribution in [0.1, 0.15) is 24.4 Å². The number of likely N-dealkylation sites (tertiary alicyclic amines) is 1. The highest BCUT2D eigenvalue weighted by atomic mass is 35.5. The molecule has 1 heterocycles. The van der Waals surface area contributed by atoms with E-state index in [4.69, 9.17) is 28.9 Å². The Kier molecular flexibility index (Phi) is 5.70. The number of nitrogens with zero attached hydrogens (tertiary/aromatic N) is 2. The number of benzene rings is 1. The van der Waals surface area contributed by atoms with E-state index in [1.807, 2.05) is 12.1 Å². The van der Waals surface area contributed by atoms with Gasteiger partial charge in [-0.15, -0.1) is 0 Å². The quantitative estimate of drug-likeness (QED) is 0.927. The van der Waals surface area contributed by atoms with Crippen molar-refractivity contribution in [3.8, 4) is 0 Å². The number of halogens is 2. The van der Waals surface area contributed by atoms with Crippen LogP contribution in [0.4, 0.5) is 0 Å². The van der Waals surface area contributed by atoms with Crippen molar-refractivity contribution in [1.82, 2.24) is 9.80 Å². The fraction of sp³-hybridized carbons (Fsp3) is 0.600. The van der Waals surface area contributed by atoms with Crippen LogP contribution in [0.5, 0.6) is 0 Å². The van der Waals surface area contributed by atoms with Gasteiger partial charge in [-0.1, -0.05) is 29.3 Å². The average Bonchev–Trinajstić information content (AvgIpc) is 2.42. The molecule has 5 heteroatoms. The fourth-order valence-corrected chi connectivity index (χ4v) is 3.49. The zero-order valence-corrected chi connectivity index (χ0v) is 13.7. The molecule has 0 spiro atoms. The molecule has 1 aliphatic heterocycles. The van der Waals surface area contributed by atoms with Crippen LogP contribution in [0.25, 0.3) is 0 Å². The van der Waals surface area contributed by atoms with Crippen molar-refractivity contribution in [2.24, 2.45) is 5.73 Å². The molecule has 3 nitrogen and oxygen atoms in total. The molecule has 1 fully saturated rings. The predicted molar refractivity (Wildman–Crippen MR) is 86.5 cm³/mol. The van der Waals surface area contributed by atoms with Crippen LogP contribution in [0, 0.1) is 0 Å². The fourth-order valence-electron chi connectivity index (χ4n) is 2.96. The van der Waals surface area contributed by atoms with E-state index in [1.165, 1.54) is 12.8 Å². The van der Waals surface area contributed by atoms with Gasteiger partial charge in [0.05, 0.1) is 0 Å². The monoisotopic (exact) mass is 315 g/mol. The van der Waals surface area contributed by atoms with Crippen LogP contribution in [0.2, 0.25) is 10.0 Å². The SMILES string of the molecule is CN(C)C1CCN(C(CN)c2ccc(Cl)cc2Cl)CC1. The second-order valence-corrected chi connectivity index (χ2v) is 6.49. The lowest BCUT2D eigenvalue weighted by Crippen LogP contribution is -2.45. The first-order valence-corrected chi connectivity index (χ1v) is 7.84. The Morgan fingerprint density at radius 2 is 1.95 bits per heavy atom. The molecular weight excluding hydrogens is 293 g/mol. The molecule has 1 saturated heterocycles. The number of hydrogen-bond donors (Lipinski definition) is 1. The summed E-state index contributed by atoms with van der Waals surface area (Å²) in [6.07, 6.45) is 2.35. The predicted octanol–water partition coefficient (Wildman–Crippen LogP) is 3.02. The summed E-state index contributed by atoms with van der Waals surface area (Å²) in [5.41, 5.74) is 7.08. The van der Waals surface area contributed by atoms with Gasteiger partial charge in [-0.3, -0.25) is 4.90 Å². The third-order valence-corrected chi connectivity index (χ3v) is 4.78. The zero-order valence-electron chi connectivity index (χ0n) is 12.1. The molecule has 20 heavy (non-hydrogen) atoms. The van der Waals surface area contributed by atoms with Crippen LogP contribution < -0.4 is 5.73 Å². The van der Waals surface area contributed by atoms with Crippen LogP contribution >= 0.6 is 23.2 Å². The second-order valence-electron chi connectivity index (χ2n) is 5.65. The lowest BCUT2D eigenvalue weighted by molar-refractivity contribution is 0.111. The minimum absolute atomic E-state index is 0.183. The topological polar surface area (TPSA) is 32.5 Å². The molecule has 2 rings (SSSR count). The summed E-state index contributed by atoms with van der Waals surface area (Å²) in [7, 11) is 4.30. The second kappa shape index (κ2) is 7.10. The lowest BCUT2D eigenvalue weighted by Gasteiger charge is -2.39. The van der Waals surface area contributed by atoms with Gasteiger partial charge in [0.15, 0.2) is 0 Å². The van der Waals surface area contributed by atoms with Crippen LogP contribution in [-0.2, 0) is 0 Å². The molecule has 0 bridgehead atoms. The van der Waals surface area contributed by atoms with E-state index in [9.17, 15) is 0 Å². The summed E-state index contributed by atoms with van der Waals surface area (Å²) in [4.78, 5) is 4.75. The van der Waals surface area contributed by atoms with E-state index in [0.717, 1.165) is 18.7 Å². The molecule has 112 valence electrons. The van der Waals surface area contributed by atoms with E-state index < -0.39 is 0 Å². The molecule has 1 unspecified atom stereocenters. The van der Waals surface area contributed by atoms with Gasteiger partial charge in [0.25, 0.3) is 0 Å². The van der Waals surface area contributed by atoms with Crippen molar-refractivity contribution in [1.29, 1.82) is 0 Å². The zero-order chi connectivity index (χ0) is 14.7. The number of piperidine rings is 1. The van der Waals surface area contributed by atoms with Gasteiger partial charge in [0, 0.05) is 41.8 Å². The summed E-state index contributed by atoms with van der Waals surface area (Å²) in [5, 5.41) is 1.38. The molecule has 0 saturated carbocycles. The molecule has 0 amide bonds. The Morgan fingerprint density at radius 3 is 2.45 bits per heavy atom. The number of rotatable bonds is 4. The van der Waals surface area contributed by atoms with E-state index in [0.29, 0.717) is 22.6 Å². The lowest BCUT2D eigenvalue weighted by atomic mass is 9.98. The Morgan fingerprint density at radius 1 is 1.30 bits per heavy atom. The Balaban J connectivity index is 2.09. The molecule has 1 atom stereocenters. The summed E-state index contributed by atoms with van der Waals surface area (Å²) < 4.78 is 0. The molecule has 2 N–H and O–H groups in total. The molecule has 0 aromatic heterocycles. The van der Waals surface area contributed by atoms with Crippen molar-refractivity contribution < 1.29 is 0 Å². The average molecular weight is 316 g/mol. The highest BCUT2D eigenvalue weighted by Gasteiger charge is 2.27. The van der Waals surface area contributed by atoms with Crippen LogP contribution in [-0.4, -0.2) is 49.6 Å². The van der Waals surface area contributed by atoms with Crippen molar-refractivity contribution in [3.05, 3.63) is 33.8 Å². The minimum atomic E-state index is 0.183. The smallest absolute Gasteiger partial charge is 0.0485 e. The Bertz CT molecular complexity index is 443. The molecule has 1 aromatic carbocycles. The van der Waals surface area contributed by atoms with Gasteiger partial charge in [-0.2, -0.15) is 0 Å². The maximum absolute atomic E-state index is 6.33. The molecule has 1 aliphatic rings. The normalized spacial score (nSPS) is 19.5. The highest BCUT2D eigenvalue weighted by Crippen LogP contribution is 2.31. The minimum Gasteiger partial charge on any atom is -0.329 e. The van der Waals surface area contributed by atoms with E-state index >= 15 is 0 Å².